The average molecular weight is 637 g/mol. The lowest BCUT2D eigenvalue weighted by molar-refractivity contribution is -0.137. The van der Waals surface area contributed by atoms with Gasteiger partial charge >= 0.3 is 6.18 Å². The van der Waals surface area contributed by atoms with Crippen molar-refractivity contribution in [3.63, 3.8) is 0 Å². The number of nitrogens with zero attached hydrogens (tertiary/aromatic N) is 4. The largest absolute Gasteiger partial charge is 0.417 e. The van der Waals surface area contributed by atoms with Crippen molar-refractivity contribution in [3.8, 4) is 6.07 Å². The molecule has 4 aromatic rings. The van der Waals surface area contributed by atoms with E-state index in [0.717, 1.165) is 29.2 Å². The first kappa shape index (κ1) is 32.3. The molecule has 8 heteroatoms. The monoisotopic (exact) mass is 636 g/mol. The van der Waals surface area contributed by atoms with Gasteiger partial charge in [-0.15, -0.1) is 0 Å². The molecule has 47 heavy (non-hydrogen) atoms. The van der Waals surface area contributed by atoms with E-state index in [2.05, 4.69) is 41.3 Å². The predicted octanol–water partition coefficient (Wildman–Crippen LogP) is 8.17. The van der Waals surface area contributed by atoms with Crippen LogP contribution in [0, 0.1) is 11.3 Å². The molecule has 6 rings (SSSR count). The number of rotatable bonds is 8. The van der Waals surface area contributed by atoms with Gasteiger partial charge in [0.2, 0.25) is 0 Å². The molecule has 2 aliphatic rings. The van der Waals surface area contributed by atoms with Gasteiger partial charge in [-0.25, -0.2) is 0 Å². The third kappa shape index (κ3) is 5.67. The van der Waals surface area contributed by atoms with Gasteiger partial charge in [-0.05, 0) is 74.4 Å². The van der Waals surface area contributed by atoms with Crippen molar-refractivity contribution in [2.75, 3.05) is 18.0 Å². The maximum Gasteiger partial charge on any atom is 0.417 e. The van der Waals surface area contributed by atoms with E-state index in [1.807, 2.05) is 79.7 Å². The van der Waals surface area contributed by atoms with E-state index in [0.29, 0.717) is 38.0 Å². The lowest BCUT2D eigenvalue weighted by Crippen LogP contribution is -2.60. The van der Waals surface area contributed by atoms with Gasteiger partial charge in [0.05, 0.1) is 29.1 Å². The van der Waals surface area contributed by atoms with Crippen LogP contribution in [0.25, 0.3) is 0 Å². The molecule has 1 saturated carbocycles. The average Bonchev–Trinajstić information content (AvgIpc) is 3.50. The number of halogens is 3. The molecule has 1 N–H and O–H groups in total. The molecular formula is C39H39F3N4O. The zero-order chi connectivity index (χ0) is 33.3. The van der Waals surface area contributed by atoms with Gasteiger partial charge in [0.25, 0.3) is 0 Å². The normalized spacial score (nSPS) is 23.0. The van der Waals surface area contributed by atoms with Crippen molar-refractivity contribution in [3.05, 3.63) is 137 Å². The van der Waals surface area contributed by atoms with Crippen LogP contribution in [0.5, 0.6) is 0 Å². The Bertz CT molecular complexity index is 1660. The van der Waals surface area contributed by atoms with Crippen molar-refractivity contribution >= 4 is 12.0 Å². The van der Waals surface area contributed by atoms with Gasteiger partial charge in [0.1, 0.15) is 11.1 Å². The van der Waals surface area contributed by atoms with Gasteiger partial charge < -0.3 is 14.9 Å². The molecule has 1 aliphatic carbocycles. The van der Waals surface area contributed by atoms with Crippen molar-refractivity contribution in [2.45, 2.75) is 68.4 Å². The quantitative estimate of drug-likeness (QED) is 0.198. The molecule has 1 aliphatic heterocycles. The van der Waals surface area contributed by atoms with Crippen LogP contribution in [0.4, 0.5) is 18.9 Å². The van der Waals surface area contributed by atoms with Crippen LogP contribution < -0.4 is 4.90 Å². The van der Waals surface area contributed by atoms with Gasteiger partial charge in [-0.3, -0.25) is 4.99 Å². The van der Waals surface area contributed by atoms with Gasteiger partial charge in [-0.1, -0.05) is 91.0 Å². The van der Waals surface area contributed by atoms with Gasteiger partial charge in [0, 0.05) is 24.8 Å². The fourth-order valence-electron chi connectivity index (χ4n) is 7.79. The first-order valence-corrected chi connectivity index (χ1v) is 16.1. The van der Waals surface area contributed by atoms with Gasteiger partial charge in [0.15, 0.2) is 0 Å². The second-order valence-electron chi connectivity index (χ2n) is 12.9. The molecule has 1 fully saturated rings. The van der Waals surface area contributed by atoms with Crippen LogP contribution in [0.2, 0.25) is 0 Å². The Hall–Kier alpha value is -4.61. The topological polar surface area (TPSA) is 62.9 Å². The number of nitriles is 1. The van der Waals surface area contributed by atoms with Crippen molar-refractivity contribution in [1.29, 1.82) is 5.26 Å². The summed E-state index contributed by atoms with van der Waals surface area (Å²) in [6.07, 6.45) is -0.471. The predicted molar refractivity (Wildman–Crippen MR) is 179 cm³/mol. The Kier molecular flexibility index (Phi) is 8.62. The number of aliphatic imine (C=N–C) groups is 1. The summed E-state index contributed by atoms with van der Waals surface area (Å²) in [5, 5.41) is 21.9. The summed E-state index contributed by atoms with van der Waals surface area (Å²) >= 11 is 0. The second kappa shape index (κ2) is 12.5. The minimum absolute atomic E-state index is 0.212. The Morgan fingerprint density at radius 3 is 1.96 bits per heavy atom. The SMILES string of the molecule is CCN(c1ccc(C#N)c(C(F)(F)F)c1)C1CCCC(O)(C2(C)CN(C(c3ccccc3)(c3ccccc3)c3ccccc3)C=N2)C1. The zero-order valence-electron chi connectivity index (χ0n) is 26.7. The highest BCUT2D eigenvalue weighted by atomic mass is 19.4. The molecule has 4 aromatic carbocycles. The molecule has 0 radical (unpaired) electrons. The van der Waals surface area contributed by atoms with E-state index in [-0.39, 0.29) is 6.04 Å². The van der Waals surface area contributed by atoms with Crippen molar-refractivity contribution in [2.24, 2.45) is 4.99 Å². The molecule has 0 saturated heterocycles. The maximum absolute atomic E-state index is 13.9. The molecule has 3 unspecified atom stereocenters. The van der Waals surface area contributed by atoms with E-state index in [1.54, 1.807) is 12.1 Å². The summed E-state index contributed by atoms with van der Waals surface area (Å²) in [5.74, 6) is 0. The lowest BCUT2D eigenvalue weighted by atomic mass is 9.69. The molecule has 1 heterocycles. The summed E-state index contributed by atoms with van der Waals surface area (Å²) in [5.41, 5.74) is -0.582. The number of alkyl halides is 3. The molecular weight excluding hydrogens is 597 g/mol. The highest BCUT2D eigenvalue weighted by Gasteiger charge is 2.56. The lowest BCUT2D eigenvalue weighted by Gasteiger charge is -2.50. The van der Waals surface area contributed by atoms with E-state index >= 15 is 0 Å². The van der Waals surface area contributed by atoms with E-state index in [4.69, 9.17) is 4.99 Å². The summed E-state index contributed by atoms with van der Waals surface area (Å²) < 4.78 is 41.6. The number of anilines is 1. The molecule has 0 bridgehead atoms. The molecule has 0 amide bonds. The molecule has 242 valence electrons. The van der Waals surface area contributed by atoms with Crippen LogP contribution in [-0.2, 0) is 11.7 Å². The maximum atomic E-state index is 13.9. The molecule has 0 spiro atoms. The number of benzene rings is 4. The van der Waals surface area contributed by atoms with E-state index in [9.17, 15) is 23.5 Å². The Labute approximate surface area is 274 Å². The van der Waals surface area contributed by atoms with Crippen LogP contribution in [-0.4, -0.2) is 46.6 Å². The van der Waals surface area contributed by atoms with E-state index in [1.165, 1.54) is 6.07 Å². The van der Waals surface area contributed by atoms with Gasteiger partial charge in [-0.2, -0.15) is 18.4 Å². The highest BCUT2D eigenvalue weighted by molar-refractivity contribution is 5.67. The number of hydrogen-bond acceptors (Lipinski definition) is 5. The van der Waals surface area contributed by atoms with Crippen LogP contribution in [0.15, 0.2) is 114 Å². The fraction of sp³-hybridized carbons (Fsp3) is 0.333. The summed E-state index contributed by atoms with van der Waals surface area (Å²) in [6.45, 7) is 4.78. The fourth-order valence-corrected chi connectivity index (χ4v) is 7.79. The summed E-state index contributed by atoms with van der Waals surface area (Å²) in [4.78, 5) is 9.27. The second-order valence-corrected chi connectivity index (χ2v) is 12.9. The molecule has 5 nitrogen and oxygen atoms in total. The smallest absolute Gasteiger partial charge is 0.387 e. The summed E-state index contributed by atoms with van der Waals surface area (Å²) in [6, 6.07) is 36.3. The molecule has 0 aromatic heterocycles. The number of hydrogen-bond donors (Lipinski definition) is 1. The third-order valence-corrected chi connectivity index (χ3v) is 10.2. The van der Waals surface area contributed by atoms with Crippen molar-refractivity contribution < 1.29 is 18.3 Å². The third-order valence-electron chi connectivity index (χ3n) is 10.2. The van der Waals surface area contributed by atoms with Crippen LogP contribution in [0.1, 0.15) is 67.3 Å². The Morgan fingerprint density at radius 2 is 1.47 bits per heavy atom. The minimum atomic E-state index is -4.65. The number of aliphatic hydroxyl groups is 1. The Morgan fingerprint density at radius 1 is 0.915 bits per heavy atom. The van der Waals surface area contributed by atoms with Crippen LogP contribution >= 0.6 is 0 Å². The molecule has 3 atom stereocenters. The van der Waals surface area contributed by atoms with Crippen LogP contribution in [0.3, 0.4) is 0 Å². The highest BCUT2D eigenvalue weighted by Crippen LogP contribution is 2.49. The standard InChI is InChI=1S/C39H39F3N4O/c1-3-46(33-22-21-29(26-43)35(24-33)39(40,41)42)34-20-13-23-37(47,25-34)36(2)27-45(28-44-36)38(30-14-7-4-8-15-30,31-16-9-5-10-17-31)32-18-11-6-12-19-32/h4-12,14-19,21-22,24,28,34,47H,3,13,20,23,25,27H2,1-2H3. The first-order valence-electron chi connectivity index (χ1n) is 16.1. The first-order chi connectivity index (χ1) is 22.6. The van der Waals surface area contributed by atoms with Crippen molar-refractivity contribution in [1.82, 2.24) is 4.90 Å². The Balaban J connectivity index is 1.37. The minimum Gasteiger partial charge on any atom is -0.387 e. The van der Waals surface area contributed by atoms with E-state index < -0.39 is 34.0 Å². The zero-order valence-corrected chi connectivity index (χ0v) is 26.7. The summed E-state index contributed by atoms with van der Waals surface area (Å²) in [7, 11) is 0.